The molecule has 0 aromatic heterocycles. The zero-order valence-electron chi connectivity index (χ0n) is 7.18. The zero-order valence-corrected chi connectivity index (χ0v) is 7.18. The number of rotatable bonds is 3. The first-order valence-electron chi connectivity index (χ1n) is 4.08. The molecule has 0 saturated carbocycles. The summed E-state index contributed by atoms with van der Waals surface area (Å²) in [5.41, 5.74) is 5.06. The molecule has 1 aliphatic heterocycles. The average molecular weight is 185 g/mol. The van der Waals surface area contributed by atoms with Crippen LogP contribution in [0.5, 0.6) is 0 Å². The standard InChI is InChI=1S/C7H12BNO4/c8-6-1-4(5(3-10)12-6)13-7(11)2-9/h4-6,10H,1-3,9H2/t4?,5-,6-/m0/s1. The van der Waals surface area contributed by atoms with Gasteiger partial charge in [-0.2, -0.15) is 0 Å². The summed E-state index contributed by atoms with van der Waals surface area (Å²) >= 11 is 0. The molecule has 72 valence electrons. The van der Waals surface area contributed by atoms with E-state index in [1.54, 1.807) is 0 Å². The minimum Gasteiger partial charge on any atom is -0.458 e. The van der Waals surface area contributed by atoms with Crippen molar-refractivity contribution in [2.75, 3.05) is 13.2 Å². The van der Waals surface area contributed by atoms with Gasteiger partial charge in [0.25, 0.3) is 0 Å². The highest BCUT2D eigenvalue weighted by atomic mass is 16.6. The second-order valence-corrected chi connectivity index (χ2v) is 2.86. The molecule has 5 nitrogen and oxygen atoms in total. The van der Waals surface area contributed by atoms with Crippen molar-refractivity contribution in [2.45, 2.75) is 24.6 Å². The Morgan fingerprint density at radius 3 is 3.00 bits per heavy atom. The summed E-state index contributed by atoms with van der Waals surface area (Å²) in [6, 6.07) is -0.479. The lowest BCUT2D eigenvalue weighted by Gasteiger charge is -2.16. The third kappa shape index (κ3) is 2.68. The van der Waals surface area contributed by atoms with Crippen molar-refractivity contribution in [2.24, 2.45) is 5.73 Å². The van der Waals surface area contributed by atoms with E-state index in [2.05, 4.69) is 0 Å². The molecule has 0 aromatic carbocycles. The minimum atomic E-state index is -0.523. The van der Waals surface area contributed by atoms with Gasteiger partial charge in [-0.3, -0.25) is 4.79 Å². The molecule has 3 N–H and O–H groups in total. The van der Waals surface area contributed by atoms with Crippen LogP contribution in [0.25, 0.3) is 0 Å². The smallest absolute Gasteiger partial charge is 0.320 e. The van der Waals surface area contributed by atoms with Crippen LogP contribution in [0.4, 0.5) is 0 Å². The molecule has 1 unspecified atom stereocenters. The molecule has 1 rings (SSSR count). The molecule has 0 bridgehead atoms. The Bertz CT molecular complexity index is 189. The van der Waals surface area contributed by atoms with Crippen LogP contribution in [0.1, 0.15) is 6.42 Å². The Labute approximate surface area is 77.6 Å². The van der Waals surface area contributed by atoms with Crippen molar-refractivity contribution in [1.82, 2.24) is 0 Å². The number of hydrogen-bond acceptors (Lipinski definition) is 5. The van der Waals surface area contributed by atoms with Crippen LogP contribution in [0.2, 0.25) is 0 Å². The summed E-state index contributed by atoms with van der Waals surface area (Å²) in [6.45, 7) is -0.389. The number of carbonyl (C=O) groups excluding carboxylic acids is 1. The van der Waals surface area contributed by atoms with Crippen molar-refractivity contribution in [3.63, 3.8) is 0 Å². The molecule has 6 heteroatoms. The molecule has 1 heterocycles. The molecular formula is C7H12BNO4. The molecule has 1 aliphatic rings. The second-order valence-electron chi connectivity index (χ2n) is 2.86. The van der Waals surface area contributed by atoms with Gasteiger partial charge >= 0.3 is 5.97 Å². The van der Waals surface area contributed by atoms with Crippen molar-refractivity contribution in [3.8, 4) is 0 Å². The number of aliphatic hydroxyl groups excluding tert-OH is 1. The van der Waals surface area contributed by atoms with E-state index in [9.17, 15) is 4.79 Å². The van der Waals surface area contributed by atoms with E-state index >= 15 is 0 Å². The van der Waals surface area contributed by atoms with Gasteiger partial charge in [0.2, 0.25) is 0 Å². The molecule has 0 aliphatic carbocycles. The van der Waals surface area contributed by atoms with Gasteiger partial charge in [-0.25, -0.2) is 0 Å². The van der Waals surface area contributed by atoms with Gasteiger partial charge < -0.3 is 20.3 Å². The molecule has 1 fully saturated rings. The minimum absolute atomic E-state index is 0.177. The number of nitrogens with two attached hydrogens (primary N) is 1. The lowest BCUT2D eigenvalue weighted by Crippen LogP contribution is -2.32. The summed E-state index contributed by atoms with van der Waals surface area (Å²) in [4.78, 5) is 10.8. The van der Waals surface area contributed by atoms with Crippen molar-refractivity contribution in [1.29, 1.82) is 0 Å². The monoisotopic (exact) mass is 185 g/mol. The summed E-state index contributed by atoms with van der Waals surface area (Å²) < 4.78 is 9.98. The number of ether oxygens (including phenoxy) is 2. The lowest BCUT2D eigenvalue weighted by atomic mass is 9.96. The van der Waals surface area contributed by atoms with Gasteiger partial charge in [0.15, 0.2) is 0 Å². The highest BCUT2D eigenvalue weighted by molar-refractivity contribution is 6.11. The predicted molar refractivity (Wildman–Crippen MR) is 45.1 cm³/mol. The summed E-state index contributed by atoms with van der Waals surface area (Å²) in [6.07, 6.45) is -0.599. The molecule has 2 radical (unpaired) electrons. The highest BCUT2D eigenvalue weighted by Crippen LogP contribution is 2.21. The van der Waals surface area contributed by atoms with Crippen LogP contribution in [0, 0.1) is 0 Å². The topological polar surface area (TPSA) is 81.8 Å². The molecule has 0 spiro atoms. The van der Waals surface area contributed by atoms with Crippen LogP contribution < -0.4 is 5.73 Å². The fraction of sp³-hybridized carbons (Fsp3) is 0.857. The van der Waals surface area contributed by atoms with E-state index < -0.39 is 24.2 Å². The molecule has 3 atom stereocenters. The SMILES string of the molecule is [B][C@@H]1CC(OC(=O)CN)[C@H](CO)O1. The maximum Gasteiger partial charge on any atom is 0.320 e. The van der Waals surface area contributed by atoms with Crippen LogP contribution in [0.3, 0.4) is 0 Å². The highest BCUT2D eigenvalue weighted by Gasteiger charge is 2.34. The van der Waals surface area contributed by atoms with Crippen molar-refractivity contribution >= 4 is 13.8 Å². The fourth-order valence-electron chi connectivity index (χ4n) is 1.25. The van der Waals surface area contributed by atoms with E-state index in [-0.39, 0.29) is 13.2 Å². The Morgan fingerprint density at radius 2 is 2.46 bits per heavy atom. The first-order chi connectivity index (χ1) is 6.17. The summed E-state index contributed by atoms with van der Waals surface area (Å²) in [7, 11) is 5.45. The molecule has 0 amide bonds. The van der Waals surface area contributed by atoms with Crippen molar-refractivity contribution in [3.05, 3.63) is 0 Å². The first-order valence-corrected chi connectivity index (χ1v) is 4.08. The Kier molecular flexibility index (Phi) is 3.71. The maximum atomic E-state index is 10.8. The normalized spacial score (nSPS) is 33.2. The predicted octanol–water partition coefficient (Wildman–Crippen LogP) is -1.87. The van der Waals surface area contributed by atoms with Crippen LogP contribution in [-0.4, -0.2) is 50.3 Å². The Hall–Kier alpha value is -0.585. The summed E-state index contributed by atoms with van der Waals surface area (Å²) in [5.74, 6) is -0.513. The van der Waals surface area contributed by atoms with Gasteiger partial charge in [0, 0.05) is 12.4 Å². The van der Waals surface area contributed by atoms with E-state index in [0.717, 1.165) is 0 Å². The van der Waals surface area contributed by atoms with Gasteiger partial charge in [-0.05, 0) is 0 Å². The van der Waals surface area contributed by atoms with Gasteiger partial charge in [0.1, 0.15) is 20.1 Å². The Morgan fingerprint density at radius 1 is 1.77 bits per heavy atom. The van der Waals surface area contributed by atoms with Crippen LogP contribution in [-0.2, 0) is 14.3 Å². The largest absolute Gasteiger partial charge is 0.458 e. The van der Waals surface area contributed by atoms with Crippen LogP contribution in [0.15, 0.2) is 0 Å². The molecular weight excluding hydrogens is 173 g/mol. The zero-order chi connectivity index (χ0) is 9.84. The molecule has 0 aromatic rings. The molecule has 1 saturated heterocycles. The van der Waals surface area contributed by atoms with E-state index in [4.69, 9.17) is 28.2 Å². The molecule has 13 heavy (non-hydrogen) atoms. The average Bonchev–Trinajstić information content (AvgIpc) is 2.46. The third-order valence-electron chi connectivity index (χ3n) is 1.86. The number of aliphatic hydroxyl groups is 1. The number of esters is 1. The van der Waals surface area contributed by atoms with E-state index in [1.165, 1.54) is 0 Å². The fourth-order valence-corrected chi connectivity index (χ4v) is 1.25. The number of carbonyl (C=O) groups is 1. The Balaban J connectivity index is 2.43. The van der Waals surface area contributed by atoms with Crippen LogP contribution >= 0.6 is 0 Å². The summed E-state index contributed by atoms with van der Waals surface area (Å²) in [5, 5.41) is 8.84. The van der Waals surface area contributed by atoms with Crippen molar-refractivity contribution < 1.29 is 19.4 Å². The number of hydrogen-bond donors (Lipinski definition) is 2. The second kappa shape index (κ2) is 4.60. The van der Waals surface area contributed by atoms with Gasteiger partial charge in [-0.15, -0.1) is 0 Å². The van der Waals surface area contributed by atoms with E-state index in [0.29, 0.717) is 6.42 Å². The first kappa shape index (κ1) is 10.5. The van der Waals surface area contributed by atoms with Gasteiger partial charge in [-0.1, -0.05) is 0 Å². The quantitative estimate of drug-likeness (QED) is 0.397. The van der Waals surface area contributed by atoms with Gasteiger partial charge in [0.05, 0.1) is 13.2 Å². The van der Waals surface area contributed by atoms with E-state index in [1.807, 2.05) is 0 Å². The maximum absolute atomic E-state index is 10.8. The lowest BCUT2D eigenvalue weighted by molar-refractivity contribution is -0.150. The third-order valence-corrected chi connectivity index (χ3v) is 1.86.